The molecule has 3 aliphatic carbocycles. The molecule has 0 spiro atoms. The molecule has 3 N–H and O–H groups in total. The van der Waals surface area contributed by atoms with Crippen molar-refractivity contribution in [2.24, 2.45) is 22.7 Å². The summed E-state index contributed by atoms with van der Waals surface area (Å²) >= 11 is 0. The smallest absolute Gasteiger partial charge is 0.115 e. The van der Waals surface area contributed by atoms with Crippen molar-refractivity contribution >= 4 is 0 Å². The Labute approximate surface area is 188 Å². The van der Waals surface area contributed by atoms with Crippen LogP contribution in [0, 0.1) is 22.7 Å². The van der Waals surface area contributed by atoms with Gasteiger partial charge in [0.15, 0.2) is 0 Å². The van der Waals surface area contributed by atoms with E-state index in [0.717, 1.165) is 44.9 Å². The predicted molar refractivity (Wildman–Crippen MR) is 126 cm³/mol. The maximum absolute atomic E-state index is 11.0. The quantitative estimate of drug-likeness (QED) is 0.347. The van der Waals surface area contributed by atoms with Crippen molar-refractivity contribution in [1.82, 2.24) is 0 Å². The maximum atomic E-state index is 11.0. The van der Waals surface area contributed by atoms with Crippen molar-refractivity contribution in [3.05, 3.63) is 42.0 Å². The Morgan fingerprint density at radius 2 is 1.97 bits per heavy atom. The molecule has 31 heavy (non-hydrogen) atoms. The zero-order chi connectivity index (χ0) is 22.2. The number of allylic oxidation sites excluding steroid dienone is 1. The van der Waals surface area contributed by atoms with Crippen molar-refractivity contribution in [2.75, 3.05) is 0 Å². The Hall–Kier alpha value is -1.32. The fourth-order valence-corrected chi connectivity index (χ4v) is 7.89. The summed E-state index contributed by atoms with van der Waals surface area (Å²) in [7, 11) is 0. The molecule has 1 aromatic rings. The molecule has 2 fully saturated rings. The average Bonchev–Trinajstić information content (AvgIpc) is 3.04. The number of rotatable bonds is 8. The van der Waals surface area contributed by atoms with E-state index in [-0.39, 0.29) is 23.0 Å². The first kappa shape index (κ1) is 22.9. The van der Waals surface area contributed by atoms with Gasteiger partial charge in [0.1, 0.15) is 5.75 Å². The Morgan fingerprint density at radius 1 is 1.19 bits per heavy atom. The van der Waals surface area contributed by atoms with Crippen LogP contribution in [0.3, 0.4) is 0 Å². The second-order valence-corrected chi connectivity index (χ2v) is 11.1. The molecule has 0 bridgehead atoms. The Balaban J connectivity index is 1.61. The molecule has 172 valence electrons. The van der Waals surface area contributed by atoms with Gasteiger partial charge in [-0.05, 0) is 104 Å². The Morgan fingerprint density at radius 3 is 2.71 bits per heavy atom. The first-order chi connectivity index (χ1) is 14.8. The van der Waals surface area contributed by atoms with E-state index in [0.29, 0.717) is 23.5 Å². The summed E-state index contributed by atoms with van der Waals surface area (Å²) < 4.78 is 0. The van der Waals surface area contributed by atoms with E-state index in [1.807, 2.05) is 19.1 Å². The molecule has 1 unspecified atom stereocenters. The number of unbranched alkanes of at least 4 members (excludes halogenated alkanes) is 3. The van der Waals surface area contributed by atoms with E-state index >= 15 is 0 Å². The van der Waals surface area contributed by atoms with Crippen LogP contribution in [0.25, 0.3) is 0 Å². The highest BCUT2D eigenvalue weighted by Gasteiger charge is 2.63. The summed E-state index contributed by atoms with van der Waals surface area (Å²) in [5.41, 5.74) is 2.76. The topological polar surface area (TPSA) is 60.7 Å². The van der Waals surface area contributed by atoms with Crippen molar-refractivity contribution in [3.8, 4) is 5.75 Å². The fourth-order valence-electron chi connectivity index (χ4n) is 7.89. The van der Waals surface area contributed by atoms with Gasteiger partial charge in [0.2, 0.25) is 0 Å². The summed E-state index contributed by atoms with van der Waals surface area (Å²) in [4.78, 5) is 0. The standard InChI is InChI=1S/C28H42O3/c1-4-28-16-15-20-17-22(30)11-12-23(20)26(28)21(10-8-6-5-7-9-19(2)29)18-27(3)24(28)13-14-25(27)31/h4,11-12,17,19,21,24-26,29-31H,1,5-10,13-16,18H2,2-3H3/t19?,21-,24+,25-,26+,27+,28-/m0/s1. The highest BCUT2D eigenvalue weighted by molar-refractivity contribution is 5.43. The molecule has 0 aliphatic heterocycles. The molecule has 0 amide bonds. The van der Waals surface area contributed by atoms with Crippen molar-refractivity contribution < 1.29 is 15.3 Å². The highest BCUT2D eigenvalue weighted by atomic mass is 16.3. The lowest BCUT2D eigenvalue weighted by Gasteiger charge is -2.60. The molecular weight excluding hydrogens is 384 g/mol. The normalized spacial score (nSPS) is 37.5. The number of benzene rings is 1. The minimum Gasteiger partial charge on any atom is -0.508 e. The SMILES string of the molecule is C=C[C@@]12CCc3cc(O)ccc3[C@H]1[C@@H](CCCCCCC(C)O)C[C@]1(C)[C@H]2CC[C@@H]1O. The number of aromatic hydroxyl groups is 1. The van der Waals surface area contributed by atoms with Crippen molar-refractivity contribution in [1.29, 1.82) is 0 Å². The summed E-state index contributed by atoms with van der Waals surface area (Å²) in [6.45, 7) is 8.60. The van der Waals surface area contributed by atoms with Gasteiger partial charge >= 0.3 is 0 Å². The highest BCUT2D eigenvalue weighted by Crippen LogP contribution is 2.69. The molecule has 3 aliphatic rings. The second-order valence-electron chi connectivity index (χ2n) is 11.1. The molecule has 3 heteroatoms. The van der Waals surface area contributed by atoms with Crippen LogP contribution in [-0.4, -0.2) is 27.5 Å². The molecular formula is C28H42O3. The summed E-state index contributed by atoms with van der Waals surface area (Å²) in [5.74, 6) is 1.83. The van der Waals surface area contributed by atoms with Crippen LogP contribution in [0.15, 0.2) is 30.9 Å². The van der Waals surface area contributed by atoms with Gasteiger partial charge in [-0.15, -0.1) is 6.58 Å². The van der Waals surface area contributed by atoms with Gasteiger partial charge in [-0.3, -0.25) is 0 Å². The molecule has 4 rings (SSSR count). The van der Waals surface area contributed by atoms with Gasteiger partial charge in [0.05, 0.1) is 12.2 Å². The van der Waals surface area contributed by atoms with Gasteiger partial charge in [0, 0.05) is 0 Å². The van der Waals surface area contributed by atoms with Crippen LogP contribution in [0.4, 0.5) is 0 Å². The monoisotopic (exact) mass is 426 g/mol. The number of aryl methyl sites for hydroxylation is 1. The predicted octanol–water partition coefficient (Wildman–Crippen LogP) is 6.11. The molecule has 3 nitrogen and oxygen atoms in total. The minimum absolute atomic E-state index is 0.0178. The molecule has 1 aromatic carbocycles. The first-order valence-electron chi connectivity index (χ1n) is 12.6. The third-order valence-electron chi connectivity index (χ3n) is 9.30. The number of phenols is 1. The second kappa shape index (κ2) is 8.90. The fraction of sp³-hybridized carbons (Fsp3) is 0.714. The Bertz CT molecular complexity index is 786. The molecule has 0 saturated heterocycles. The average molecular weight is 427 g/mol. The molecule has 7 atom stereocenters. The van der Waals surface area contributed by atoms with Crippen LogP contribution < -0.4 is 0 Å². The number of aliphatic hydroxyl groups excluding tert-OH is 2. The molecule has 0 aromatic heterocycles. The van der Waals surface area contributed by atoms with E-state index in [2.05, 4.69) is 25.6 Å². The van der Waals surface area contributed by atoms with Gasteiger partial charge in [-0.25, -0.2) is 0 Å². The van der Waals surface area contributed by atoms with Crippen LogP contribution >= 0.6 is 0 Å². The van der Waals surface area contributed by atoms with E-state index in [1.165, 1.54) is 36.8 Å². The maximum Gasteiger partial charge on any atom is 0.115 e. The largest absolute Gasteiger partial charge is 0.508 e. The number of fused-ring (bicyclic) bond motifs is 5. The molecule has 2 saturated carbocycles. The minimum atomic E-state index is -0.204. The summed E-state index contributed by atoms with van der Waals surface area (Å²) in [6.07, 6.45) is 13.8. The lowest BCUT2D eigenvalue weighted by molar-refractivity contribution is -0.0812. The van der Waals surface area contributed by atoms with Gasteiger partial charge in [-0.2, -0.15) is 0 Å². The van der Waals surface area contributed by atoms with E-state index in [9.17, 15) is 15.3 Å². The number of hydrogen-bond acceptors (Lipinski definition) is 3. The lowest BCUT2D eigenvalue weighted by atomic mass is 9.44. The molecule has 0 heterocycles. The van der Waals surface area contributed by atoms with Crippen LogP contribution in [0.5, 0.6) is 5.75 Å². The first-order valence-corrected chi connectivity index (χ1v) is 12.6. The van der Waals surface area contributed by atoms with Crippen LogP contribution in [-0.2, 0) is 6.42 Å². The number of hydrogen-bond donors (Lipinski definition) is 3. The summed E-state index contributed by atoms with van der Waals surface area (Å²) in [6, 6.07) is 6.02. The van der Waals surface area contributed by atoms with Crippen molar-refractivity contribution in [3.63, 3.8) is 0 Å². The lowest BCUT2D eigenvalue weighted by Crippen LogP contribution is -2.54. The third-order valence-corrected chi connectivity index (χ3v) is 9.30. The van der Waals surface area contributed by atoms with E-state index in [1.54, 1.807) is 0 Å². The van der Waals surface area contributed by atoms with Gasteiger partial charge < -0.3 is 15.3 Å². The van der Waals surface area contributed by atoms with E-state index in [4.69, 9.17) is 0 Å². The molecule has 0 radical (unpaired) electrons. The third kappa shape index (κ3) is 3.97. The van der Waals surface area contributed by atoms with Crippen molar-refractivity contribution in [2.45, 2.75) is 103 Å². The van der Waals surface area contributed by atoms with Crippen LogP contribution in [0.2, 0.25) is 0 Å². The summed E-state index contributed by atoms with van der Waals surface area (Å²) in [5, 5.41) is 30.6. The number of phenolic OH excluding ortho intramolecular Hbond substituents is 1. The zero-order valence-corrected chi connectivity index (χ0v) is 19.5. The van der Waals surface area contributed by atoms with Crippen LogP contribution in [0.1, 0.15) is 95.1 Å². The van der Waals surface area contributed by atoms with E-state index < -0.39 is 0 Å². The number of aliphatic hydroxyl groups is 2. The zero-order valence-electron chi connectivity index (χ0n) is 19.5. The van der Waals surface area contributed by atoms with Gasteiger partial charge in [0.25, 0.3) is 0 Å². The van der Waals surface area contributed by atoms with Gasteiger partial charge in [-0.1, -0.05) is 44.7 Å². The Kier molecular flexibility index (Phi) is 6.57.